The van der Waals surface area contributed by atoms with E-state index in [9.17, 15) is 0 Å². The number of rotatable bonds is 21. The summed E-state index contributed by atoms with van der Waals surface area (Å²) in [5.41, 5.74) is 0. The average molecular weight is 580 g/mol. The molecule has 0 saturated heterocycles. The monoisotopic (exact) mass is 579 g/mol. The third kappa shape index (κ3) is 17.4. The van der Waals surface area contributed by atoms with Gasteiger partial charge in [-0.2, -0.15) is 0 Å². The highest BCUT2D eigenvalue weighted by atomic mass is 33.1. The summed E-state index contributed by atoms with van der Waals surface area (Å²) in [6, 6.07) is 0.606. The first-order valence-corrected chi connectivity index (χ1v) is 19.9. The molecule has 0 aliphatic heterocycles. The fraction of sp³-hybridized carbons (Fsp3) is 0.941. The summed E-state index contributed by atoms with van der Waals surface area (Å²) in [4.78, 5) is 0. The van der Waals surface area contributed by atoms with E-state index in [0.29, 0.717) is 6.04 Å². The van der Waals surface area contributed by atoms with Gasteiger partial charge in [0.25, 0.3) is 0 Å². The van der Waals surface area contributed by atoms with Gasteiger partial charge in [-0.05, 0) is 36.5 Å². The van der Waals surface area contributed by atoms with Crippen molar-refractivity contribution in [3.8, 4) is 0 Å². The molecule has 5 heteroatoms. The number of hydrogen-bond donors (Lipinski definition) is 0. The van der Waals surface area contributed by atoms with Crippen LogP contribution in [0.2, 0.25) is 0 Å². The van der Waals surface area contributed by atoms with Crippen molar-refractivity contribution in [1.29, 1.82) is 0 Å². The van der Waals surface area contributed by atoms with Gasteiger partial charge in [0, 0.05) is 18.2 Å². The molecular formula is C34H65N3S2. The van der Waals surface area contributed by atoms with E-state index in [-0.39, 0.29) is 0 Å². The Bertz CT molecular complexity index is 651. The van der Waals surface area contributed by atoms with Crippen molar-refractivity contribution >= 4 is 21.6 Å². The van der Waals surface area contributed by atoms with Gasteiger partial charge in [0.1, 0.15) is 5.82 Å². The van der Waals surface area contributed by atoms with Crippen molar-refractivity contribution in [2.24, 2.45) is 0 Å². The second-order valence-corrected chi connectivity index (χ2v) is 14.7. The maximum atomic E-state index is 4.81. The quantitative estimate of drug-likeness (QED) is 0.107. The van der Waals surface area contributed by atoms with Crippen LogP contribution in [-0.4, -0.2) is 20.5 Å². The number of aryl methyl sites for hydroxylation is 1. The highest BCUT2D eigenvalue weighted by molar-refractivity contribution is 8.76. The molecule has 3 nitrogen and oxygen atoms in total. The molecule has 1 aliphatic carbocycles. The van der Waals surface area contributed by atoms with Crippen molar-refractivity contribution in [2.75, 3.05) is 5.75 Å². The number of hydrogen-bond acceptors (Lipinski definition) is 4. The largest absolute Gasteiger partial charge is 0.302 e. The molecule has 0 aromatic carbocycles. The molecule has 0 radical (unpaired) electrons. The van der Waals surface area contributed by atoms with Gasteiger partial charge in [0.2, 0.25) is 5.16 Å². The van der Waals surface area contributed by atoms with Crippen LogP contribution in [0.3, 0.4) is 0 Å². The molecule has 1 aromatic heterocycles. The van der Waals surface area contributed by atoms with Crippen LogP contribution in [0.1, 0.15) is 199 Å². The molecule has 1 aliphatic rings. The molecule has 39 heavy (non-hydrogen) atoms. The zero-order valence-electron chi connectivity index (χ0n) is 26.2. The van der Waals surface area contributed by atoms with Gasteiger partial charge >= 0.3 is 0 Å². The standard InChI is InChI=1S/C34H65N3S2/c1-3-5-7-9-11-12-16-19-23-27-31-38-39-34-36-35-33(30-26-22-10-8-6-4-2)37(34)32-28-24-20-17-14-13-15-18-21-25-29-32/h32H,3-31H2,1-2H3. The maximum Gasteiger partial charge on any atom is 0.202 e. The van der Waals surface area contributed by atoms with Crippen molar-refractivity contribution in [1.82, 2.24) is 14.8 Å². The summed E-state index contributed by atoms with van der Waals surface area (Å²) >= 11 is 0. The lowest BCUT2D eigenvalue weighted by atomic mass is 9.97. The van der Waals surface area contributed by atoms with Crippen molar-refractivity contribution in [3.63, 3.8) is 0 Å². The summed E-state index contributed by atoms with van der Waals surface area (Å²) in [5, 5.41) is 10.8. The third-order valence-electron chi connectivity index (χ3n) is 8.64. The van der Waals surface area contributed by atoms with Crippen LogP contribution in [0.15, 0.2) is 5.16 Å². The Morgan fingerprint density at radius 2 is 1.03 bits per heavy atom. The van der Waals surface area contributed by atoms with Crippen LogP contribution < -0.4 is 0 Å². The normalized spacial score (nSPS) is 16.3. The van der Waals surface area contributed by atoms with E-state index >= 15 is 0 Å². The lowest BCUT2D eigenvalue weighted by Gasteiger charge is -2.23. The zero-order valence-corrected chi connectivity index (χ0v) is 27.9. The molecule has 0 spiro atoms. The minimum atomic E-state index is 0.606. The van der Waals surface area contributed by atoms with Crippen LogP contribution in [0.5, 0.6) is 0 Å². The Hall–Kier alpha value is -0.160. The number of nitrogens with zero attached hydrogens (tertiary/aromatic N) is 3. The predicted molar refractivity (Wildman–Crippen MR) is 177 cm³/mol. The third-order valence-corrected chi connectivity index (χ3v) is 10.9. The molecule has 0 N–H and O–H groups in total. The van der Waals surface area contributed by atoms with E-state index < -0.39 is 0 Å². The van der Waals surface area contributed by atoms with Gasteiger partial charge in [-0.25, -0.2) is 0 Å². The summed E-state index contributed by atoms with van der Waals surface area (Å²) < 4.78 is 2.63. The first kappa shape index (κ1) is 35.0. The summed E-state index contributed by atoms with van der Waals surface area (Å²) in [5.74, 6) is 2.52. The van der Waals surface area contributed by atoms with E-state index in [4.69, 9.17) is 10.2 Å². The summed E-state index contributed by atoms with van der Waals surface area (Å²) in [6.45, 7) is 4.61. The smallest absolute Gasteiger partial charge is 0.202 e. The molecule has 0 atom stereocenters. The topological polar surface area (TPSA) is 30.7 Å². The number of aromatic nitrogens is 3. The molecule has 1 saturated carbocycles. The average Bonchev–Trinajstić information content (AvgIpc) is 3.34. The summed E-state index contributed by atoms with van der Waals surface area (Å²) in [6.07, 6.45) is 38.7. The minimum Gasteiger partial charge on any atom is -0.302 e. The Kier molecular flexibility index (Phi) is 22.9. The van der Waals surface area contributed by atoms with Gasteiger partial charge in [0.05, 0.1) is 0 Å². The molecular weight excluding hydrogens is 515 g/mol. The van der Waals surface area contributed by atoms with Crippen molar-refractivity contribution in [2.45, 2.75) is 205 Å². The molecule has 0 amide bonds. The van der Waals surface area contributed by atoms with Gasteiger partial charge in [-0.3, -0.25) is 0 Å². The van der Waals surface area contributed by atoms with Gasteiger partial charge in [-0.1, -0.05) is 172 Å². The lowest BCUT2D eigenvalue weighted by molar-refractivity contribution is 0.359. The predicted octanol–water partition coefficient (Wildman–Crippen LogP) is 12.7. The molecule has 228 valence electrons. The second-order valence-electron chi connectivity index (χ2n) is 12.3. The van der Waals surface area contributed by atoms with E-state index in [1.54, 1.807) is 0 Å². The van der Waals surface area contributed by atoms with E-state index in [1.165, 1.54) is 190 Å². The molecule has 1 heterocycles. The van der Waals surface area contributed by atoms with Gasteiger partial charge in [0.15, 0.2) is 0 Å². The second kappa shape index (κ2) is 25.5. The molecule has 2 rings (SSSR count). The zero-order chi connectivity index (χ0) is 27.6. The Morgan fingerprint density at radius 3 is 1.56 bits per heavy atom. The minimum absolute atomic E-state index is 0.606. The van der Waals surface area contributed by atoms with E-state index in [1.807, 2.05) is 21.6 Å². The highest BCUT2D eigenvalue weighted by Crippen LogP contribution is 2.36. The Labute approximate surface area is 252 Å². The Morgan fingerprint density at radius 1 is 0.564 bits per heavy atom. The molecule has 0 bridgehead atoms. The first-order chi connectivity index (χ1) is 19.4. The van der Waals surface area contributed by atoms with Crippen LogP contribution in [-0.2, 0) is 6.42 Å². The molecule has 1 fully saturated rings. The SMILES string of the molecule is CCCCCCCCCCCCSSc1nnc(CCCCCCCC)n1C1CCCCCCCCCCC1. The fourth-order valence-electron chi connectivity index (χ4n) is 6.11. The maximum absolute atomic E-state index is 4.81. The van der Waals surface area contributed by atoms with E-state index in [0.717, 1.165) is 6.42 Å². The summed E-state index contributed by atoms with van der Waals surface area (Å²) in [7, 11) is 3.95. The molecule has 1 aromatic rings. The lowest BCUT2D eigenvalue weighted by Crippen LogP contribution is -2.14. The van der Waals surface area contributed by atoms with E-state index in [2.05, 4.69) is 18.4 Å². The van der Waals surface area contributed by atoms with Crippen LogP contribution in [0, 0.1) is 0 Å². The van der Waals surface area contributed by atoms with Gasteiger partial charge < -0.3 is 4.57 Å². The van der Waals surface area contributed by atoms with Crippen molar-refractivity contribution < 1.29 is 0 Å². The fourth-order valence-corrected chi connectivity index (χ4v) is 8.29. The van der Waals surface area contributed by atoms with Crippen molar-refractivity contribution in [3.05, 3.63) is 5.82 Å². The van der Waals surface area contributed by atoms with Gasteiger partial charge in [-0.15, -0.1) is 10.2 Å². The van der Waals surface area contributed by atoms with Crippen LogP contribution in [0.4, 0.5) is 0 Å². The molecule has 0 unspecified atom stereocenters. The van der Waals surface area contributed by atoms with Crippen LogP contribution >= 0.6 is 21.6 Å². The highest BCUT2D eigenvalue weighted by Gasteiger charge is 2.21. The first-order valence-electron chi connectivity index (χ1n) is 17.6. The number of unbranched alkanes of at least 4 members (excludes halogenated alkanes) is 14. The Balaban J connectivity index is 1.83. The van der Waals surface area contributed by atoms with Crippen LogP contribution in [0.25, 0.3) is 0 Å².